The van der Waals surface area contributed by atoms with Crippen molar-refractivity contribution in [2.24, 2.45) is 23.7 Å². The van der Waals surface area contributed by atoms with Crippen LogP contribution in [0.15, 0.2) is 96.4 Å². The third-order valence-corrected chi connectivity index (χ3v) is 9.88. The molecule has 3 aliphatic rings. The number of hydrogen-bond donors (Lipinski definition) is 0. The Morgan fingerprint density at radius 2 is 1.55 bits per heavy atom. The van der Waals surface area contributed by atoms with Crippen LogP contribution >= 0.6 is 11.3 Å². The number of ether oxygens (including phenoxy) is 2. The number of imide groups is 1. The van der Waals surface area contributed by atoms with Crippen LogP contribution < -0.4 is 9.64 Å². The summed E-state index contributed by atoms with van der Waals surface area (Å²) in [7, 11) is 0. The molecule has 2 heterocycles. The third kappa shape index (κ3) is 4.93. The number of rotatable bonds is 8. The van der Waals surface area contributed by atoms with E-state index in [1.165, 1.54) is 58.2 Å². The Hall–Kier alpha value is -4.89. The second kappa shape index (κ2) is 11.3. The zero-order chi connectivity index (χ0) is 30.4. The fourth-order valence-corrected chi connectivity index (χ4v) is 7.73. The van der Waals surface area contributed by atoms with E-state index in [1.54, 1.807) is 29.6 Å². The van der Waals surface area contributed by atoms with Crippen LogP contribution in [0.1, 0.15) is 54.7 Å². The fraction of sp³-hybridized carbons (Fsp3) is 0.229. The molecule has 0 unspecified atom stereocenters. The molecule has 2 aliphatic carbocycles. The zero-order valence-electron chi connectivity index (χ0n) is 23.5. The van der Waals surface area contributed by atoms with Crippen molar-refractivity contribution >= 4 is 46.6 Å². The van der Waals surface area contributed by atoms with E-state index in [0.717, 1.165) is 12.8 Å². The van der Waals surface area contributed by atoms with E-state index < -0.39 is 24.3 Å². The molecule has 0 spiro atoms. The van der Waals surface area contributed by atoms with Gasteiger partial charge in [-0.25, -0.2) is 9.59 Å². The van der Waals surface area contributed by atoms with Gasteiger partial charge in [-0.1, -0.05) is 42.5 Å². The Bertz CT molecular complexity index is 1770. The number of esters is 2. The quantitative estimate of drug-likeness (QED) is 0.106. The van der Waals surface area contributed by atoms with Crippen molar-refractivity contribution in [3.05, 3.63) is 118 Å². The molecular formula is C35H27NO7S. The van der Waals surface area contributed by atoms with Gasteiger partial charge in [0.15, 0.2) is 12.4 Å². The Morgan fingerprint density at radius 1 is 0.773 bits per heavy atom. The van der Waals surface area contributed by atoms with Gasteiger partial charge in [0.2, 0.25) is 11.8 Å². The first kappa shape index (κ1) is 27.9. The van der Waals surface area contributed by atoms with Crippen molar-refractivity contribution in [2.75, 3.05) is 11.5 Å². The molecule has 2 amide bonds. The van der Waals surface area contributed by atoms with E-state index in [4.69, 9.17) is 9.47 Å². The number of carbonyl (C=O) groups is 5. The SMILES string of the molecule is O=C(COC(=O)c1cccc(N2C(=O)[C@@H]3[C@H]4C[C@@H]([C@@H]3C2=O)[C@H](c2ccccc2)C4)c1)c1ccc(OC(=O)c2cccs2)cc1. The van der Waals surface area contributed by atoms with Crippen LogP contribution in [0.2, 0.25) is 0 Å². The predicted octanol–water partition coefficient (Wildman–Crippen LogP) is 5.94. The number of amides is 2. The van der Waals surface area contributed by atoms with Gasteiger partial charge in [0.25, 0.3) is 0 Å². The lowest BCUT2D eigenvalue weighted by molar-refractivity contribution is -0.123. The maximum atomic E-state index is 13.7. The maximum Gasteiger partial charge on any atom is 0.353 e. The first-order valence-electron chi connectivity index (χ1n) is 14.5. The molecule has 1 aromatic heterocycles. The molecule has 0 radical (unpaired) electrons. The van der Waals surface area contributed by atoms with Gasteiger partial charge in [-0.15, -0.1) is 11.3 Å². The van der Waals surface area contributed by atoms with E-state index in [-0.39, 0.29) is 58.3 Å². The van der Waals surface area contributed by atoms with Gasteiger partial charge >= 0.3 is 11.9 Å². The Kier molecular flexibility index (Phi) is 7.18. The molecule has 1 saturated heterocycles. The molecule has 1 aliphatic heterocycles. The number of fused-ring (bicyclic) bond motifs is 5. The van der Waals surface area contributed by atoms with E-state index >= 15 is 0 Å². The summed E-state index contributed by atoms with van der Waals surface area (Å²) in [5, 5.41) is 1.77. The van der Waals surface area contributed by atoms with Crippen LogP contribution in [-0.4, -0.2) is 36.1 Å². The van der Waals surface area contributed by atoms with Crippen LogP contribution in [0.25, 0.3) is 0 Å². The topological polar surface area (TPSA) is 107 Å². The van der Waals surface area contributed by atoms with Gasteiger partial charge in [0.1, 0.15) is 10.6 Å². The highest BCUT2D eigenvalue weighted by Crippen LogP contribution is 2.61. The van der Waals surface area contributed by atoms with Crippen LogP contribution in [0.3, 0.4) is 0 Å². The van der Waals surface area contributed by atoms with Crippen molar-refractivity contribution in [1.82, 2.24) is 0 Å². The first-order chi connectivity index (χ1) is 21.4. The summed E-state index contributed by atoms with van der Waals surface area (Å²) in [5.41, 5.74) is 1.96. The summed E-state index contributed by atoms with van der Waals surface area (Å²) in [6.45, 7) is -0.507. The highest BCUT2D eigenvalue weighted by Gasteiger charge is 2.64. The van der Waals surface area contributed by atoms with Crippen LogP contribution in [-0.2, 0) is 14.3 Å². The number of carbonyl (C=O) groups excluding carboxylic acids is 5. The highest BCUT2D eigenvalue weighted by molar-refractivity contribution is 7.12. The lowest BCUT2D eigenvalue weighted by Gasteiger charge is -2.28. The first-order valence-corrected chi connectivity index (χ1v) is 15.4. The van der Waals surface area contributed by atoms with E-state index in [1.807, 2.05) is 18.2 Å². The standard InChI is InChI=1S/C35H27NO7S/c37-28(21-11-13-25(14-12-21)43-35(41)29-10-5-15-44-29)19-42-34(40)22-8-4-9-24(16-22)36-32(38)30-23-17-26(20-6-2-1-3-7-20)27(18-23)31(30)33(36)39/h1-16,23,26-27,30-31H,17-19H2/t23-,26+,27-,30-,31+/m1/s1. The Labute approximate surface area is 257 Å². The van der Waals surface area contributed by atoms with Gasteiger partial charge in [-0.05, 0) is 90.1 Å². The summed E-state index contributed by atoms with van der Waals surface area (Å²) in [4.78, 5) is 66.6. The van der Waals surface area contributed by atoms with Crippen molar-refractivity contribution in [3.8, 4) is 5.75 Å². The fourth-order valence-electron chi connectivity index (χ4n) is 7.13. The summed E-state index contributed by atoms with van der Waals surface area (Å²) in [6.07, 6.45) is 1.77. The Balaban J connectivity index is 0.991. The second-order valence-corrected chi connectivity index (χ2v) is 12.4. The van der Waals surface area contributed by atoms with Crippen molar-refractivity contribution < 1.29 is 33.4 Å². The second-order valence-electron chi connectivity index (χ2n) is 11.4. The van der Waals surface area contributed by atoms with Crippen LogP contribution in [0, 0.1) is 23.7 Å². The van der Waals surface area contributed by atoms with Gasteiger partial charge in [-0.2, -0.15) is 0 Å². The minimum atomic E-state index is -0.745. The molecule has 3 fully saturated rings. The molecule has 7 rings (SSSR count). The lowest BCUT2D eigenvalue weighted by Crippen LogP contribution is -2.33. The van der Waals surface area contributed by atoms with Crippen molar-refractivity contribution in [2.45, 2.75) is 18.8 Å². The molecular weight excluding hydrogens is 578 g/mol. The minimum absolute atomic E-state index is 0.120. The number of benzene rings is 3. The van der Waals surface area contributed by atoms with Gasteiger partial charge in [0, 0.05) is 5.56 Å². The normalized spacial score (nSPS) is 23.5. The van der Waals surface area contributed by atoms with Gasteiger partial charge in [0.05, 0.1) is 23.1 Å². The molecule has 9 heteroatoms. The van der Waals surface area contributed by atoms with E-state index in [2.05, 4.69) is 12.1 Å². The van der Waals surface area contributed by atoms with Crippen LogP contribution in [0.4, 0.5) is 5.69 Å². The summed E-state index contributed by atoms with van der Waals surface area (Å²) >= 11 is 1.27. The lowest BCUT2D eigenvalue weighted by atomic mass is 9.73. The number of hydrogen-bond acceptors (Lipinski definition) is 8. The van der Waals surface area contributed by atoms with Crippen molar-refractivity contribution in [3.63, 3.8) is 0 Å². The average Bonchev–Trinajstić information content (AvgIpc) is 3.85. The molecule has 8 nitrogen and oxygen atoms in total. The van der Waals surface area contributed by atoms with Crippen molar-refractivity contribution in [1.29, 1.82) is 0 Å². The molecule has 44 heavy (non-hydrogen) atoms. The Morgan fingerprint density at radius 3 is 2.30 bits per heavy atom. The molecule has 4 aromatic rings. The number of ketones is 1. The number of Topliss-reactive ketones (excluding diaryl/α,β-unsaturated/α-hetero) is 1. The van der Waals surface area contributed by atoms with E-state index in [0.29, 0.717) is 10.6 Å². The summed E-state index contributed by atoms with van der Waals surface area (Å²) in [5.74, 6) is -1.94. The summed E-state index contributed by atoms with van der Waals surface area (Å²) in [6, 6.07) is 25.8. The molecule has 0 N–H and O–H groups in total. The maximum absolute atomic E-state index is 13.7. The molecule has 5 atom stereocenters. The predicted molar refractivity (Wildman–Crippen MR) is 162 cm³/mol. The molecule has 2 saturated carbocycles. The summed E-state index contributed by atoms with van der Waals surface area (Å²) < 4.78 is 10.6. The third-order valence-electron chi connectivity index (χ3n) is 9.03. The van der Waals surface area contributed by atoms with E-state index in [9.17, 15) is 24.0 Å². The average molecular weight is 606 g/mol. The monoisotopic (exact) mass is 605 g/mol. The molecule has 220 valence electrons. The molecule has 3 aromatic carbocycles. The largest absolute Gasteiger partial charge is 0.454 e. The van der Waals surface area contributed by atoms with Crippen LogP contribution in [0.5, 0.6) is 5.75 Å². The molecule has 2 bridgehead atoms. The van der Waals surface area contributed by atoms with Gasteiger partial charge < -0.3 is 9.47 Å². The smallest absolute Gasteiger partial charge is 0.353 e. The highest BCUT2D eigenvalue weighted by atomic mass is 32.1. The number of anilines is 1. The zero-order valence-corrected chi connectivity index (χ0v) is 24.3. The number of nitrogens with zero attached hydrogens (tertiary/aromatic N) is 1. The minimum Gasteiger partial charge on any atom is -0.454 e. The van der Waals surface area contributed by atoms with Gasteiger partial charge in [-0.3, -0.25) is 19.3 Å². The number of thiophene rings is 1.